The fourth-order valence-electron chi connectivity index (χ4n) is 1.94. The second-order valence-electron chi connectivity index (χ2n) is 4.29. The molecule has 1 aromatic carbocycles. The van der Waals surface area contributed by atoms with Gasteiger partial charge in [-0.3, -0.25) is 0 Å². The van der Waals surface area contributed by atoms with Gasteiger partial charge in [0.15, 0.2) is 0 Å². The first kappa shape index (κ1) is 12.8. The van der Waals surface area contributed by atoms with Gasteiger partial charge in [-0.1, -0.05) is 6.07 Å². The average Bonchev–Trinajstić information content (AvgIpc) is 2.81. The highest BCUT2D eigenvalue weighted by Crippen LogP contribution is 2.22. The Bertz CT molecular complexity index is 511. The van der Waals surface area contributed by atoms with Crippen molar-refractivity contribution in [2.24, 2.45) is 0 Å². The van der Waals surface area contributed by atoms with Crippen LogP contribution >= 0.6 is 0 Å². The van der Waals surface area contributed by atoms with Crippen LogP contribution in [0.4, 0.5) is 8.78 Å². The first-order valence-corrected chi connectivity index (χ1v) is 5.82. The van der Waals surface area contributed by atoms with Gasteiger partial charge in [-0.05, 0) is 32.0 Å². The van der Waals surface area contributed by atoms with Gasteiger partial charge in [0.1, 0.15) is 17.4 Å². The Morgan fingerprint density at radius 3 is 2.50 bits per heavy atom. The summed E-state index contributed by atoms with van der Waals surface area (Å²) >= 11 is 0. The third kappa shape index (κ3) is 2.76. The van der Waals surface area contributed by atoms with Crippen LogP contribution in [0.3, 0.4) is 0 Å². The van der Waals surface area contributed by atoms with Gasteiger partial charge in [-0.25, -0.2) is 8.78 Å². The maximum Gasteiger partial charge on any atom is 0.130 e. The molecule has 2 nitrogen and oxygen atoms in total. The molecule has 0 aliphatic carbocycles. The minimum atomic E-state index is -0.567. The lowest BCUT2D eigenvalue weighted by molar-refractivity contribution is 0.397. The summed E-state index contributed by atoms with van der Waals surface area (Å²) in [6, 6.07) is 6.99. The molecule has 0 saturated carbocycles. The first-order valence-electron chi connectivity index (χ1n) is 5.82. The largest absolute Gasteiger partial charge is 0.468 e. The highest BCUT2D eigenvalue weighted by Gasteiger charge is 2.16. The molecule has 0 fully saturated rings. The molecule has 0 aliphatic heterocycles. The first-order chi connectivity index (χ1) is 8.58. The number of hydrogen-bond acceptors (Lipinski definition) is 2. The minimum absolute atomic E-state index is 0.0422. The predicted molar refractivity (Wildman–Crippen MR) is 65.0 cm³/mol. The van der Waals surface area contributed by atoms with Gasteiger partial charge in [0.25, 0.3) is 0 Å². The molecule has 0 amide bonds. The molecule has 1 unspecified atom stereocenters. The van der Waals surface area contributed by atoms with Gasteiger partial charge in [-0.2, -0.15) is 0 Å². The predicted octanol–water partition coefficient (Wildman–Crippen LogP) is 3.97. The smallest absolute Gasteiger partial charge is 0.130 e. The molecule has 18 heavy (non-hydrogen) atoms. The van der Waals surface area contributed by atoms with Crippen LogP contribution in [0.2, 0.25) is 0 Å². The van der Waals surface area contributed by atoms with Crippen LogP contribution in [0.5, 0.6) is 0 Å². The molecule has 0 aliphatic rings. The topological polar surface area (TPSA) is 25.2 Å². The Hall–Kier alpha value is -1.68. The van der Waals surface area contributed by atoms with Crippen molar-refractivity contribution < 1.29 is 13.2 Å². The van der Waals surface area contributed by atoms with Crippen LogP contribution in [-0.2, 0) is 0 Å². The van der Waals surface area contributed by atoms with Crippen LogP contribution < -0.4 is 5.32 Å². The molecule has 2 atom stereocenters. The van der Waals surface area contributed by atoms with E-state index in [0.29, 0.717) is 5.56 Å². The van der Waals surface area contributed by atoms with Gasteiger partial charge in [0, 0.05) is 17.7 Å². The summed E-state index contributed by atoms with van der Waals surface area (Å²) in [6.07, 6.45) is 1.59. The van der Waals surface area contributed by atoms with Gasteiger partial charge in [-0.15, -0.1) is 0 Å². The van der Waals surface area contributed by atoms with E-state index in [-0.39, 0.29) is 12.1 Å². The highest BCUT2D eigenvalue weighted by molar-refractivity contribution is 5.22. The standard InChI is InChI=1S/C14H15F2NO/c1-9(12-6-5-11(15)8-13(12)16)17-10(2)14-4-3-7-18-14/h3-10,17H,1-2H3/t9?,10-/m0/s1. The van der Waals surface area contributed by atoms with Crippen molar-refractivity contribution >= 4 is 0 Å². The molecule has 1 aromatic heterocycles. The SMILES string of the molecule is CC(N[C@@H](C)c1ccco1)c1ccc(F)cc1F. The van der Waals surface area contributed by atoms with Crippen molar-refractivity contribution in [3.63, 3.8) is 0 Å². The summed E-state index contributed by atoms with van der Waals surface area (Å²) in [7, 11) is 0. The fourth-order valence-corrected chi connectivity index (χ4v) is 1.94. The summed E-state index contributed by atoms with van der Waals surface area (Å²) in [6.45, 7) is 3.76. The van der Waals surface area contributed by atoms with E-state index in [0.717, 1.165) is 11.8 Å². The average molecular weight is 251 g/mol. The van der Waals surface area contributed by atoms with Crippen molar-refractivity contribution in [2.45, 2.75) is 25.9 Å². The molecular weight excluding hydrogens is 236 g/mol. The van der Waals surface area contributed by atoms with Gasteiger partial charge >= 0.3 is 0 Å². The Labute approximate surface area is 105 Å². The molecule has 1 heterocycles. The highest BCUT2D eigenvalue weighted by atomic mass is 19.1. The van der Waals surface area contributed by atoms with Crippen LogP contribution in [0.15, 0.2) is 41.0 Å². The van der Waals surface area contributed by atoms with Crippen LogP contribution in [-0.4, -0.2) is 0 Å². The Morgan fingerprint density at radius 1 is 1.11 bits per heavy atom. The van der Waals surface area contributed by atoms with Crippen molar-refractivity contribution in [1.82, 2.24) is 5.32 Å². The maximum absolute atomic E-state index is 13.6. The van der Waals surface area contributed by atoms with Crippen molar-refractivity contribution in [3.8, 4) is 0 Å². The van der Waals surface area contributed by atoms with Crippen molar-refractivity contribution in [1.29, 1.82) is 0 Å². The van der Waals surface area contributed by atoms with E-state index in [4.69, 9.17) is 4.42 Å². The van der Waals surface area contributed by atoms with Crippen LogP contribution in [0.1, 0.15) is 37.3 Å². The maximum atomic E-state index is 13.6. The molecule has 0 spiro atoms. The van der Waals surface area contributed by atoms with Gasteiger partial charge in [0.05, 0.1) is 12.3 Å². The van der Waals surface area contributed by atoms with Crippen LogP contribution in [0, 0.1) is 11.6 Å². The number of furan rings is 1. The van der Waals surface area contributed by atoms with E-state index in [1.807, 2.05) is 19.9 Å². The summed E-state index contributed by atoms with van der Waals surface area (Å²) in [4.78, 5) is 0. The summed E-state index contributed by atoms with van der Waals surface area (Å²) < 4.78 is 31.7. The summed E-state index contributed by atoms with van der Waals surface area (Å²) in [5.41, 5.74) is 0.440. The Kier molecular flexibility index (Phi) is 3.77. The fraction of sp³-hybridized carbons (Fsp3) is 0.286. The Morgan fingerprint density at radius 2 is 1.89 bits per heavy atom. The quantitative estimate of drug-likeness (QED) is 0.889. The van der Waals surface area contributed by atoms with Crippen molar-refractivity contribution in [3.05, 3.63) is 59.6 Å². The number of nitrogens with one attached hydrogen (secondary N) is 1. The number of benzene rings is 1. The van der Waals surface area contributed by atoms with E-state index in [1.165, 1.54) is 12.1 Å². The third-order valence-electron chi connectivity index (χ3n) is 2.90. The third-order valence-corrected chi connectivity index (χ3v) is 2.90. The Balaban J connectivity index is 2.10. The molecule has 1 N–H and O–H groups in total. The molecule has 2 rings (SSSR count). The molecule has 0 radical (unpaired) electrons. The summed E-state index contributed by atoms with van der Waals surface area (Å²) in [5, 5.41) is 3.20. The second kappa shape index (κ2) is 5.31. The number of halogens is 2. The van der Waals surface area contributed by atoms with E-state index < -0.39 is 11.6 Å². The van der Waals surface area contributed by atoms with Crippen LogP contribution in [0.25, 0.3) is 0 Å². The summed E-state index contributed by atoms with van der Waals surface area (Å²) in [5.74, 6) is -0.325. The van der Waals surface area contributed by atoms with E-state index in [1.54, 1.807) is 12.3 Å². The normalized spacial score (nSPS) is 14.4. The zero-order valence-corrected chi connectivity index (χ0v) is 10.3. The second-order valence-corrected chi connectivity index (χ2v) is 4.29. The van der Waals surface area contributed by atoms with Gasteiger partial charge < -0.3 is 9.73 Å². The zero-order chi connectivity index (χ0) is 13.1. The monoisotopic (exact) mass is 251 g/mol. The van der Waals surface area contributed by atoms with Gasteiger partial charge in [0.2, 0.25) is 0 Å². The lowest BCUT2D eigenvalue weighted by Crippen LogP contribution is -2.23. The van der Waals surface area contributed by atoms with E-state index in [9.17, 15) is 8.78 Å². The number of rotatable bonds is 4. The molecule has 0 saturated heterocycles. The lowest BCUT2D eigenvalue weighted by atomic mass is 10.1. The van der Waals surface area contributed by atoms with E-state index >= 15 is 0 Å². The lowest BCUT2D eigenvalue weighted by Gasteiger charge is -2.19. The molecule has 0 bridgehead atoms. The molecular formula is C14H15F2NO. The molecule has 96 valence electrons. The molecule has 4 heteroatoms. The zero-order valence-electron chi connectivity index (χ0n) is 10.3. The minimum Gasteiger partial charge on any atom is -0.468 e. The van der Waals surface area contributed by atoms with Crippen molar-refractivity contribution in [2.75, 3.05) is 0 Å². The number of hydrogen-bond donors (Lipinski definition) is 1. The molecule has 2 aromatic rings. The van der Waals surface area contributed by atoms with E-state index in [2.05, 4.69) is 5.32 Å².